The quantitative estimate of drug-likeness (QED) is 0.331. The summed E-state index contributed by atoms with van der Waals surface area (Å²) >= 11 is 3.75. The van der Waals surface area contributed by atoms with Crippen LogP contribution in [0.15, 0.2) is 66.9 Å². The summed E-state index contributed by atoms with van der Waals surface area (Å²) in [5.41, 5.74) is 3.68. The van der Waals surface area contributed by atoms with Gasteiger partial charge in [0.2, 0.25) is 0 Å². The van der Waals surface area contributed by atoms with E-state index in [9.17, 15) is 4.79 Å². The van der Waals surface area contributed by atoms with Crippen molar-refractivity contribution in [2.75, 3.05) is 4.90 Å². The Kier molecular flexibility index (Phi) is 5.68. The molecule has 0 radical (unpaired) electrons. The SMILES string of the molecule is CCc1ccc2nc(N(Cc3ccccn3)C(=O)c3ccccc3I)sc2c1. The van der Waals surface area contributed by atoms with Gasteiger partial charge in [0.05, 0.1) is 28.0 Å². The van der Waals surface area contributed by atoms with Gasteiger partial charge in [0.15, 0.2) is 5.13 Å². The molecule has 2 aromatic heterocycles. The molecule has 4 rings (SSSR count). The van der Waals surface area contributed by atoms with E-state index >= 15 is 0 Å². The molecule has 2 aromatic carbocycles. The molecule has 0 bridgehead atoms. The highest BCUT2D eigenvalue weighted by Gasteiger charge is 2.23. The summed E-state index contributed by atoms with van der Waals surface area (Å²) in [6.07, 6.45) is 2.72. The van der Waals surface area contributed by atoms with Crippen LogP contribution >= 0.6 is 33.9 Å². The molecule has 140 valence electrons. The Labute approximate surface area is 181 Å². The molecule has 0 aliphatic heterocycles. The first kappa shape index (κ1) is 19.0. The molecule has 0 aliphatic carbocycles. The largest absolute Gasteiger partial charge is 0.278 e. The van der Waals surface area contributed by atoms with Crippen molar-refractivity contribution in [3.8, 4) is 0 Å². The number of pyridine rings is 1. The summed E-state index contributed by atoms with van der Waals surface area (Å²) in [7, 11) is 0. The van der Waals surface area contributed by atoms with Gasteiger partial charge in [-0.3, -0.25) is 14.7 Å². The maximum absolute atomic E-state index is 13.4. The number of benzene rings is 2. The van der Waals surface area contributed by atoms with Gasteiger partial charge in [0.25, 0.3) is 5.91 Å². The average Bonchev–Trinajstić information content (AvgIpc) is 3.15. The first-order valence-corrected chi connectivity index (χ1v) is 10.9. The standard InChI is InChI=1S/C22H18IN3OS/c1-2-15-10-11-19-20(13-15)28-22(25-19)26(14-16-7-5-6-12-24-16)21(27)17-8-3-4-9-18(17)23/h3-13H,2,14H2,1H3. The number of nitrogens with zero attached hydrogens (tertiary/aromatic N) is 3. The van der Waals surface area contributed by atoms with Crippen molar-refractivity contribution in [3.05, 3.63) is 87.3 Å². The number of hydrogen-bond acceptors (Lipinski definition) is 4. The predicted octanol–water partition coefficient (Wildman–Crippen LogP) is 5.71. The number of carbonyl (C=O) groups excluding carboxylic acids is 1. The van der Waals surface area contributed by atoms with Crippen LogP contribution in [0.25, 0.3) is 10.2 Å². The van der Waals surface area contributed by atoms with Crippen LogP contribution in [0.3, 0.4) is 0 Å². The molecule has 0 spiro atoms. The summed E-state index contributed by atoms with van der Waals surface area (Å²) in [4.78, 5) is 24.3. The van der Waals surface area contributed by atoms with Crippen molar-refractivity contribution in [1.82, 2.24) is 9.97 Å². The number of fused-ring (bicyclic) bond motifs is 1. The van der Waals surface area contributed by atoms with Crippen LogP contribution in [0.5, 0.6) is 0 Å². The average molecular weight is 499 g/mol. The van der Waals surface area contributed by atoms with E-state index in [4.69, 9.17) is 4.98 Å². The van der Waals surface area contributed by atoms with Crippen molar-refractivity contribution in [2.24, 2.45) is 0 Å². The van der Waals surface area contributed by atoms with Crippen LogP contribution in [-0.4, -0.2) is 15.9 Å². The van der Waals surface area contributed by atoms with Gasteiger partial charge in [-0.15, -0.1) is 0 Å². The number of carbonyl (C=O) groups is 1. The minimum Gasteiger partial charge on any atom is -0.278 e. The van der Waals surface area contributed by atoms with Gasteiger partial charge in [-0.2, -0.15) is 0 Å². The van der Waals surface area contributed by atoms with E-state index in [0.717, 1.165) is 25.9 Å². The smallest absolute Gasteiger partial charge is 0.261 e. The molecule has 1 amide bonds. The van der Waals surface area contributed by atoms with Gasteiger partial charge in [-0.05, 0) is 71.0 Å². The maximum atomic E-state index is 13.4. The Balaban J connectivity index is 1.78. The molecule has 6 heteroatoms. The van der Waals surface area contributed by atoms with Crippen LogP contribution in [-0.2, 0) is 13.0 Å². The number of rotatable bonds is 5. The third-order valence-electron chi connectivity index (χ3n) is 4.48. The van der Waals surface area contributed by atoms with Crippen molar-refractivity contribution >= 4 is 55.2 Å². The van der Waals surface area contributed by atoms with Crippen molar-refractivity contribution in [1.29, 1.82) is 0 Å². The lowest BCUT2D eigenvalue weighted by Gasteiger charge is -2.20. The maximum Gasteiger partial charge on any atom is 0.261 e. The monoisotopic (exact) mass is 499 g/mol. The number of hydrogen-bond donors (Lipinski definition) is 0. The number of aryl methyl sites for hydroxylation is 1. The number of thiazole rings is 1. The lowest BCUT2D eigenvalue weighted by molar-refractivity contribution is 0.0984. The molecule has 4 aromatic rings. The van der Waals surface area contributed by atoms with Crippen LogP contribution in [0.4, 0.5) is 5.13 Å². The van der Waals surface area contributed by atoms with Gasteiger partial charge < -0.3 is 0 Å². The fourth-order valence-electron chi connectivity index (χ4n) is 2.95. The normalized spacial score (nSPS) is 10.9. The minimum atomic E-state index is -0.0644. The van der Waals surface area contributed by atoms with Crippen LogP contribution < -0.4 is 4.90 Å². The summed E-state index contributed by atoms with van der Waals surface area (Å²) in [5.74, 6) is -0.0644. The number of anilines is 1. The van der Waals surface area contributed by atoms with Gasteiger partial charge >= 0.3 is 0 Å². The fraction of sp³-hybridized carbons (Fsp3) is 0.136. The summed E-state index contributed by atoms with van der Waals surface area (Å²) in [6.45, 7) is 2.52. The van der Waals surface area contributed by atoms with E-state index in [2.05, 4.69) is 46.6 Å². The van der Waals surface area contributed by atoms with Crippen LogP contribution in [0.1, 0.15) is 28.5 Å². The number of amides is 1. The molecule has 4 nitrogen and oxygen atoms in total. The second-order valence-electron chi connectivity index (χ2n) is 6.34. The Bertz CT molecular complexity index is 1130. The third-order valence-corrected chi connectivity index (χ3v) is 6.46. The lowest BCUT2D eigenvalue weighted by Crippen LogP contribution is -2.31. The molecule has 0 fully saturated rings. The van der Waals surface area contributed by atoms with Gasteiger partial charge in [-0.25, -0.2) is 4.98 Å². The molecule has 28 heavy (non-hydrogen) atoms. The first-order valence-electron chi connectivity index (χ1n) is 9.01. The van der Waals surface area contributed by atoms with E-state index in [1.54, 1.807) is 22.4 Å². The number of aromatic nitrogens is 2. The molecule has 0 saturated carbocycles. The fourth-order valence-corrected chi connectivity index (χ4v) is 4.60. The van der Waals surface area contributed by atoms with Gasteiger partial charge in [-0.1, -0.05) is 42.5 Å². The molecule has 0 aliphatic rings. The third kappa shape index (κ3) is 3.93. The molecule has 0 N–H and O–H groups in total. The second kappa shape index (κ2) is 8.36. The second-order valence-corrected chi connectivity index (χ2v) is 8.52. The van der Waals surface area contributed by atoms with E-state index in [1.807, 2.05) is 48.5 Å². The Morgan fingerprint density at radius 1 is 1.11 bits per heavy atom. The zero-order chi connectivity index (χ0) is 19.5. The topological polar surface area (TPSA) is 46.1 Å². The lowest BCUT2D eigenvalue weighted by atomic mass is 10.2. The molecule has 0 unspecified atom stereocenters. The minimum absolute atomic E-state index is 0.0644. The Morgan fingerprint density at radius 3 is 2.68 bits per heavy atom. The zero-order valence-corrected chi connectivity index (χ0v) is 18.3. The highest BCUT2D eigenvalue weighted by molar-refractivity contribution is 14.1. The van der Waals surface area contributed by atoms with Crippen molar-refractivity contribution in [2.45, 2.75) is 19.9 Å². The summed E-state index contributed by atoms with van der Waals surface area (Å²) in [6, 6.07) is 19.6. The summed E-state index contributed by atoms with van der Waals surface area (Å²) < 4.78 is 2.02. The van der Waals surface area contributed by atoms with Gasteiger partial charge in [0, 0.05) is 9.77 Å². The Morgan fingerprint density at radius 2 is 1.93 bits per heavy atom. The molecular formula is C22H18IN3OS. The van der Waals surface area contributed by atoms with Crippen molar-refractivity contribution in [3.63, 3.8) is 0 Å². The molecule has 2 heterocycles. The van der Waals surface area contributed by atoms with Crippen molar-refractivity contribution < 1.29 is 4.79 Å². The molecule has 0 saturated heterocycles. The van der Waals surface area contributed by atoms with Gasteiger partial charge in [0.1, 0.15) is 0 Å². The summed E-state index contributed by atoms with van der Waals surface area (Å²) in [5, 5.41) is 0.693. The Hall–Kier alpha value is -2.32. The predicted molar refractivity (Wildman–Crippen MR) is 123 cm³/mol. The highest BCUT2D eigenvalue weighted by atomic mass is 127. The van der Waals surface area contributed by atoms with E-state index in [0.29, 0.717) is 17.2 Å². The van der Waals surface area contributed by atoms with E-state index in [1.165, 1.54) is 5.56 Å². The van der Waals surface area contributed by atoms with Crippen LogP contribution in [0, 0.1) is 3.57 Å². The van der Waals surface area contributed by atoms with Crippen LogP contribution in [0.2, 0.25) is 0 Å². The molecule has 0 atom stereocenters. The highest BCUT2D eigenvalue weighted by Crippen LogP contribution is 2.32. The first-order chi connectivity index (χ1) is 13.7. The van der Waals surface area contributed by atoms with E-state index in [-0.39, 0.29) is 5.91 Å². The number of halogens is 1. The molecular weight excluding hydrogens is 481 g/mol. The van der Waals surface area contributed by atoms with E-state index < -0.39 is 0 Å². The zero-order valence-electron chi connectivity index (χ0n) is 15.3.